The fourth-order valence-corrected chi connectivity index (χ4v) is 4.12. The van der Waals surface area contributed by atoms with Crippen LogP contribution in [0.4, 0.5) is 0 Å². The molecule has 21 heavy (non-hydrogen) atoms. The predicted molar refractivity (Wildman–Crippen MR) is 79.7 cm³/mol. The molecule has 0 amide bonds. The van der Waals surface area contributed by atoms with Gasteiger partial charge < -0.3 is 9.67 Å². The van der Waals surface area contributed by atoms with Crippen LogP contribution in [0.5, 0.6) is 0 Å². The lowest BCUT2D eigenvalue weighted by atomic mass is 10.1. The molecule has 110 valence electrons. The van der Waals surface area contributed by atoms with Crippen molar-refractivity contribution in [3.05, 3.63) is 29.6 Å². The Morgan fingerprint density at radius 1 is 1.29 bits per heavy atom. The number of aromatic carboxylic acids is 1. The number of hydrogen-bond acceptors (Lipinski definition) is 3. The van der Waals surface area contributed by atoms with E-state index >= 15 is 0 Å². The Hall–Kier alpha value is -1.88. The second-order valence-corrected chi connectivity index (χ2v) is 6.14. The molecular weight excluding hydrogens is 266 g/mol. The minimum atomic E-state index is -0.879. The lowest BCUT2D eigenvalue weighted by molar-refractivity contribution is 0.0697. The van der Waals surface area contributed by atoms with Crippen LogP contribution in [0.15, 0.2) is 18.2 Å². The zero-order valence-electron chi connectivity index (χ0n) is 12.1. The van der Waals surface area contributed by atoms with Gasteiger partial charge in [0.05, 0.1) is 22.6 Å². The zero-order valence-corrected chi connectivity index (χ0v) is 12.1. The van der Waals surface area contributed by atoms with E-state index in [0.29, 0.717) is 17.6 Å². The van der Waals surface area contributed by atoms with Gasteiger partial charge in [0, 0.05) is 12.6 Å². The van der Waals surface area contributed by atoms with Crippen molar-refractivity contribution in [2.75, 3.05) is 13.1 Å². The molecule has 2 atom stereocenters. The third kappa shape index (κ3) is 1.87. The number of benzene rings is 1. The van der Waals surface area contributed by atoms with E-state index in [9.17, 15) is 9.90 Å². The highest BCUT2D eigenvalue weighted by Crippen LogP contribution is 2.38. The van der Waals surface area contributed by atoms with Crippen LogP contribution in [0.2, 0.25) is 0 Å². The first-order chi connectivity index (χ1) is 10.1. The van der Waals surface area contributed by atoms with Crippen molar-refractivity contribution in [2.24, 2.45) is 0 Å². The van der Waals surface area contributed by atoms with E-state index in [2.05, 4.69) is 14.5 Å². The van der Waals surface area contributed by atoms with E-state index in [1.165, 1.54) is 19.4 Å². The molecule has 0 aliphatic carbocycles. The summed E-state index contributed by atoms with van der Waals surface area (Å²) in [6, 6.07) is 6.26. The summed E-state index contributed by atoms with van der Waals surface area (Å²) in [6.45, 7) is 4.37. The monoisotopic (exact) mass is 285 g/mol. The molecule has 0 radical (unpaired) electrons. The third-order valence-electron chi connectivity index (χ3n) is 5.01. The number of rotatable bonds is 2. The van der Waals surface area contributed by atoms with Gasteiger partial charge in [0.2, 0.25) is 0 Å². The number of aromatic nitrogens is 2. The summed E-state index contributed by atoms with van der Waals surface area (Å²) >= 11 is 0. The lowest BCUT2D eigenvalue weighted by Gasteiger charge is -2.23. The summed E-state index contributed by atoms with van der Waals surface area (Å²) in [6.07, 6.45) is 3.64. The van der Waals surface area contributed by atoms with Crippen molar-refractivity contribution in [1.82, 2.24) is 14.5 Å². The summed E-state index contributed by atoms with van der Waals surface area (Å²) in [5.41, 5.74) is 2.20. The lowest BCUT2D eigenvalue weighted by Crippen LogP contribution is -2.28. The second-order valence-electron chi connectivity index (χ2n) is 6.14. The molecule has 2 aliphatic rings. The van der Waals surface area contributed by atoms with Crippen LogP contribution in [0, 0.1) is 6.92 Å². The van der Waals surface area contributed by atoms with Crippen molar-refractivity contribution in [1.29, 1.82) is 0 Å². The van der Waals surface area contributed by atoms with Gasteiger partial charge in [-0.1, -0.05) is 0 Å². The Labute approximate surface area is 123 Å². The Balaban J connectivity index is 1.85. The number of aryl methyl sites for hydroxylation is 1. The van der Waals surface area contributed by atoms with Gasteiger partial charge in [-0.05, 0) is 50.9 Å². The van der Waals surface area contributed by atoms with E-state index in [0.717, 1.165) is 29.8 Å². The van der Waals surface area contributed by atoms with Gasteiger partial charge in [-0.3, -0.25) is 4.90 Å². The van der Waals surface area contributed by atoms with Crippen molar-refractivity contribution >= 4 is 17.0 Å². The number of hydrogen-bond donors (Lipinski definition) is 1. The summed E-state index contributed by atoms with van der Waals surface area (Å²) in [4.78, 5) is 18.4. The molecule has 1 aromatic carbocycles. The molecule has 2 saturated heterocycles. The van der Waals surface area contributed by atoms with E-state index in [-0.39, 0.29) is 0 Å². The molecule has 3 heterocycles. The van der Waals surface area contributed by atoms with Crippen LogP contribution in [-0.4, -0.2) is 44.7 Å². The molecule has 2 unspecified atom stereocenters. The molecule has 4 rings (SSSR count). The average molecular weight is 285 g/mol. The molecule has 2 aliphatic heterocycles. The topological polar surface area (TPSA) is 58.4 Å². The first-order valence-electron chi connectivity index (χ1n) is 7.61. The van der Waals surface area contributed by atoms with Crippen LogP contribution in [0.1, 0.15) is 41.5 Å². The van der Waals surface area contributed by atoms with Crippen LogP contribution in [0.3, 0.4) is 0 Å². The maximum absolute atomic E-state index is 11.2. The Bertz CT molecular complexity index is 722. The van der Waals surface area contributed by atoms with E-state index in [4.69, 9.17) is 0 Å². The van der Waals surface area contributed by atoms with Crippen molar-refractivity contribution in [3.8, 4) is 0 Å². The van der Waals surface area contributed by atoms with E-state index in [1.54, 1.807) is 12.1 Å². The quantitative estimate of drug-likeness (QED) is 0.921. The molecule has 0 bridgehead atoms. The minimum Gasteiger partial charge on any atom is -0.478 e. The summed E-state index contributed by atoms with van der Waals surface area (Å²) in [5.74, 6) is 0.113. The maximum atomic E-state index is 11.2. The number of fused-ring (bicyclic) bond motifs is 2. The van der Waals surface area contributed by atoms with Crippen LogP contribution >= 0.6 is 0 Å². The summed E-state index contributed by atoms with van der Waals surface area (Å²) in [7, 11) is 0. The molecule has 0 saturated carbocycles. The molecule has 2 fully saturated rings. The second kappa shape index (κ2) is 4.56. The highest BCUT2D eigenvalue weighted by atomic mass is 16.4. The van der Waals surface area contributed by atoms with Gasteiger partial charge in [0.25, 0.3) is 0 Å². The first kappa shape index (κ1) is 12.8. The standard InChI is InChI=1S/C16H19N3O2/c1-10-17-12-5-4-11(16(20)21)9-15(12)19(10)14-6-8-18-7-2-3-13(14)18/h4-5,9,13-14H,2-3,6-8H2,1H3,(H,20,21). The molecule has 5 heteroatoms. The zero-order chi connectivity index (χ0) is 14.6. The highest BCUT2D eigenvalue weighted by molar-refractivity contribution is 5.92. The van der Waals surface area contributed by atoms with Crippen LogP contribution < -0.4 is 0 Å². The van der Waals surface area contributed by atoms with Gasteiger partial charge in [0.15, 0.2) is 0 Å². The van der Waals surface area contributed by atoms with Gasteiger partial charge in [-0.2, -0.15) is 0 Å². The Kier molecular flexibility index (Phi) is 2.79. The summed E-state index contributed by atoms with van der Waals surface area (Å²) in [5, 5.41) is 9.22. The first-order valence-corrected chi connectivity index (χ1v) is 7.61. The van der Waals surface area contributed by atoms with Crippen molar-refractivity contribution in [2.45, 2.75) is 38.3 Å². The Morgan fingerprint density at radius 2 is 2.14 bits per heavy atom. The molecule has 1 N–H and O–H groups in total. The van der Waals surface area contributed by atoms with Gasteiger partial charge in [0.1, 0.15) is 5.82 Å². The normalized spacial score (nSPS) is 25.6. The summed E-state index contributed by atoms with van der Waals surface area (Å²) < 4.78 is 2.28. The fraction of sp³-hybridized carbons (Fsp3) is 0.500. The highest BCUT2D eigenvalue weighted by Gasteiger charge is 2.39. The maximum Gasteiger partial charge on any atom is 0.335 e. The van der Waals surface area contributed by atoms with E-state index in [1.807, 2.05) is 13.0 Å². The number of carboxylic acid groups (broad SMARTS) is 1. The van der Waals surface area contributed by atoms with Gasteiger partial charge in [-0.15, -0.1) is 0 Å². The van der Waals surface area contributed by atoms with Gasteiger partial charge in [-0.25, -0.2) is 9.78 Å². The number of nitrogens with zero attached hydrogens (tertiary/aromatic N) is 3. The number of carbonyl (C=O) groups is 1. The average Bonchev–Trinajstić information content (AvgIpc) is 3.11. The smallest absolute Gasteiger partial charge is 0.335 e. The third-order valence-corrected chi connectivity index (χ3v) is 5.01. The fourth-order valence-electron chi connectivity index (χ4n) is 4.12. The largest absolute Gasteiger partial charge is 0.478 e. The Morgan fingerprint density at radius 3 is 2.95 bits per heavy atom. The van der Waals surface area contributed by atoms with E-state index < -0.39 is 5.97 Å². The predicted octanol–water partition coefficient (Wildman–Crippen LogP) is 2.45. The van der Waals surface area contributed by atoms with Crippen molar-refractivity contribution in [3.63, 3.8) is 0 Å². The van der Waals surface area contributed by atoms with Crippen LogP contribution in [0.25, 0.3) is 11.0 Å². The molecule has 2 aromatic rings. The number of imidazole rings is 1. The number of carboxylic acids is 1. The van der Waals surface area contributed by atoms with Gasteiger partial charge >= 0.3 is 5.97 Å². The minimum absolute atomic E-state index is 0.338. The molecule has 1 aromatic heterocycles. The van der Waals surface area contributed by atoms with Crippen molar-refractivity contribution < 1.29 is 9.90 Å². The molecule has 5 nitrogen and oxygen atoms in total. The van der Waals surface area contributed by atoms with Crippen LogP contribution in [-0.2, 0) is 0 Å². The molecule has 0 spiro atoms. The molecular formula is C16H19N3O2. The SMILES string of the molecule is Cc1nc2ccc(C(=O)O)cc2n1C1CCN2CCCC12.